The van der Waals surface area contributed by atoms with Crippen molar-refractivity contribution in [2.75, 3.05) is 6.73 Å². The van der Waals surface area contributed by atoms with Gasteiger partial charge in [0.05, 0.1) is 5.41 Å². The van der Waals surface area contributed by atoms with Crippen LogP contribution in [0, 0.1) is 16.2 Å². The highest BCUT2D eigenvalue weighted by Gasteiger charge is 2.48. The van der Waals surface area contributed by atoms with Crippen LogP contribution in [-0.4, -0.2) is 17.7 Å². The Morgan fingerprint density at radius 2 is 1.56 bits per heavy atom. The highest BCUT2D eigenvalue weighted by atomic mass is 16.3. The van der Waals surface area contributed by atoms with E-state index < -0.39 is 5.41 Å². The maximum atomic E-state index is 12.4. The predicted octanol–water partition coefficient (Wildman–Crippen LogP) is 3.32. The molecule has 0 spiro atoms. The van der Waals surface area contributed by atoms with Crippen LogP contribution in [0.15, 0.2) is 0 Å². The first-order valence-electron chi connectivity index (χ1n) is 6.95. The van der Waals surface area contributed by atoms with Crippen LogP contribution in [0.5, 0.6) is 0 Å². The van der Waals surface area contributed by atoms with Crippen molar-refractivity contribution in [1.29, 1.82) is 0 Å². The third-order valence-corrected chi connectivity index (χ3v) is 4.91. The van der Waals surface area contributed by atoms with E-state index in [1.165, 1.54) is 0 Å². The molecule has 0 fully saturated rings. The summed E-state index contributed by atoms with van der Waals surface area (Å²) >= 11 is 0. The van der Waals surface area contributed by atoms with Crippen LogP contribution in [0.25, 0.3) is 0 Å². The molecule has 0 aliphatic heterocycles. The van der Waals surface area contributed by atoms with E-state index in [1.54, 1.807) is 0 Å². The molecule has 0 saturated heterocycles. The molecule has 1 unspecified atom stereocenters. The monoisotopic (exact) mass is 257 g/mol. The summed E-state index contributed by atoms with van der Waals surface area (Å²) in [5, 5.41) is 11.6. The second kappa shape index (κ2) is 6.05. The third-order valence-electron chi connectivity index (χ3n) is 4.91. The second-order valence-corrected chi connectivity index (χ2v) is 6.93. The Kier molecular flexibility index (Phi) is 5.86. The van der Waals surface area contributed by atoms with Crippen molar-refractivity contribution in [1.82, 2.24) is 5.32 Å². The molecule has 0 aromatic rings. The van der Waals surface area contributed by atoms with Gasteiger partial charge in [-0.05, 0) is 23.7 Å². The first-order valence-corrected chi connectivity index (χ1v) is 6.95. The zero-order valence-corrected chi connectivity index (χ0v) is 13.2. The Balaban J connectivity index is 5.36. The van der Waals surface area contributed by atoms with Crippen LogP contribution in [0.1, 0.15) is 67.7 Å². The highest BCUT2D eigenvalue weighted by molar-refractivity contribution is 5.83. The van der Waals surface area contributed by atoms with E-state index >= 15 is 0 Å². The summed E-state index contributed by atoms with van der Waals surface area (Å²) in [6.45, 7) is 14.7. The molecule has 1 atom stereocenters. The first kappa shape index (κ1) is 17.4. The highest BCUT2D eigenvalue weighted by Crippen LogP contribution is 2.49. The number of aliphatic hydroxyl groups is 1. The smallest absolute Gasteiger partial charge is 0.228 e. The Morgan fingerprint density at radius 1 is 1.06 bits per heavy atom. The van der Waals surface area contributed by atoms with Crippen LogP contribution in [-0.2, 0) is 4.79 Å². The molecule has 18 heavy (non-hydrogen) atoms. The van der Waals surface area contributed by atoms with Gasteiger partial charge < -0.3 is 10.4 Å². The first-order chi connectivity index (χ1) is 8.06. The minimum absolute atomic E-state index is 0.0432. The topological polar surface area (TPSA) is 49.3 Å². The van der Waals surface area contributed by atoms with Crippen molar-refractivity contribution < 1.29 is 9.90 Å². The summed E-state index contributed by atoms with van der Waals surface area (Å²) in [5.74, 6) is -0.0432. The average molecular weight is 257 g/mol. The normalized spacial score (nSPS) is 16.2. The number of carbonyl (C=O) groups is 1. The molecule has 3 nitrogen and oxygen atoms in total. The Morgan fingerprint density at radius 3 is 1.89 bits per heavy atom. The molecule has 0 rings (SSSR count). The van der Waals surface area contributed by atoms with Gasteiger partial charge in [-0.2, -0.15) is 0 Å². The molecule has 0 aliphatic carbocycles. The maximum absolute atomic E-state index is 12.4. The van der Waals surface area contributed by atoms with Crippen molar-refractivity contribution >= 4 is 5.91 Å². The molecule has 0 aromatic heterocycles. The fourth-order valence-electron chi connectivity index (χ4n) is 2.37. The third kappa shape index (κ3) is 3.71. The zero-order chi connectivity index (χ0) is 14.6. The lowest BCUT2D eigenvalue weighted by atomic mass is 9.58. The van der Waals surface area contributed by atoms with Gasteiger partial charge in [0, 0.05) is 0 Å². The number of hydrogen-bond acceptors (Lipinski definition) is 2. The Hall–Kier alpha value is -0.570. The van der Waals surface area contributed by atoms with E-state index in [4.69, 9.17) is 5.11 Å². The molecule has 0 aromatic carbocycles. The van der Waals surface area contributed by atoms with Gasteiger partial charge in [-0.1, -0.05) is 54.9 Å². The van der Waals surface area contributed by atoms with Gasteiger partial charge in [-0.3, -0.25) is 4.79 Å². The molecular weight excluding hydrogens is 226 g/mol. The minimum Gasteiger partial charge on any atom is -0.377 e. The largest absolute Gasteiger partial charge is 0.377 e. The molecule has 0 heterocycles. The number of nitrogens with one attached hydrogen (secondary N) is 1. The number of carbonyl (C=O) groups excluding carboxylic acids is 1. The summed E-state index contributed by atoms with van der Waals surface area (Å²) in [4.78, 5) is 12.4. The van der Waals surface area contributed by atoms with Crippen molar-refractivity contribution in [3.63, 3.8) is 0 Å². The summed E-state index contributed by atoms with van der Waals surface area (Å²) in [6, 6.07) is 0. The van der Waals surface area contributed by atoms with Crippen LogP contribution in [0.2, 0.25) is 0 Å². The van der Waals surface area contributed by atoms with Gasteiger partial charge in [0.2, 0.25) is 5.91 Å². The maximum Gasteiger partial charge on any atom is 0.228 e. The van der Waals surface area contributed by atoms with E-state index in [9.17, 15) is 4.79 Å². The van der Waals surface area contributed by atoms with Gasteiger partial charge in [-0.25, -0.2) is 0 Å². The molecule has 0 saturated carbocycles. The van der Waals surface area contributed by atoms with Crippen LogP contribution < -0.4 is 5.32 Å². The number of rotatable bonds is 7. The predicted molar refractivity (Wildman–Crippen MR) is 76.1 cm³/mol. The van der Waals surface area contributed by atoms with E-state index in [1.807, 2.05) is 6.92 Å². The van der Waals surface area contributed by atoms with Crippen molar-refractivity contribution in [3.8, 4) is 0 Å². The number of hydrogen-bond donors (Lipinski definition) is 2. The van der Waals surface area contributed by atoms with Crippen LogP contribution in [0.3, 0.4) is 0 Å². The molecule has 108 valence electrons. The molecule has 0 bridgehead atoms. The van der Waals surface area contributed by atoms with E-state index in [-0.39, 0.29) is 23.5 Å². The van der Waals surface area contributed by atoms with E-state index in [0.29, 0.717) is 0 Å². The summed E-state index contributed by atoms with van der Waals surface area (Å²) in [5.41, 5.74) is -0.448. The van der Waals surface area contributed by atoms with Crippen LogP contribution >= 0.6 is 0 Å². The summed E-state index contributed by atoms with van der Waals surface area (Å²) in [6.07, 6.45) is 2.79. The van der Waals surface area contributed by atoms with Crippen molar-refractivity contribution in [2.24, 2.45) is 16.2 Å². The lowest BCUT2D eigenvalue weighted by Crippen LogP contribution is -2.50. The zero-order valence-electron chi connectivity index (χ0n) is 13.2. The van der Waals surface area contributed by atoms with E-state index in [0.717, 1.165) is 19.3 Å². The standard InChI is InChI=1S/C15H31NO2/c1-8-13(3,4)10-15(7,12(18)16-11-17)14(5,6)9-2/h17H,8-11H2,1-7H3,(H,16,18). The fraction of sp³-hybridized carbons (Fsp3) is 0.933. The Bertz CT molecular complexity index is 284. The quantitative estimate of drug-likeness (QED) is 0.687. The van der Waals surface area contributed by atoms with Gasteiger partial charge in [0.25, 0.3) is 0 Å². The summed E-state index contributed by atoms with van der Waals surface area (Å²) < 4.78 is 0. The lowest BCUT2D eigenvalue weighted by molar-refractivity contribution is -0.141. The molecule has 0 aliphatic rings. The molecule has 1 amide bonds. The van der Waals surface area contributed by atoms with Gasteiger partial charge >= 0.3 is 0 Å². The van der Waals surface area contributed by atoms with Gasteiger partial charge in [-0.15, -0.1) is 0 Å². The van der Waals surface area contributed by atoms with Crippen molar-refractivity contribution in [3.05, 3.63) is 0 Å². The Labute approximate surface area is 112 Å². The minimum atomic E-state index is -0.468. The van der Waals surface area contributed by atoms with Crippen LogP contribution in [0.4, 0.5) is 0 Å². The number of aliphatic hydroxyl groups excluding tert-OH is 1. The van der Waals surface area contributed by atoms with E-state index in [2.05, 4.69) is 46.9 Å². The SMILES string of the molecule is CCC(C)(C)CC(C)(C(=O)NCO)C(C)(C)CC. The van der Waals surface area contributed by atoms with Gasteiger partial charge in [0.1, 0.15) is 6.73 Å². The molecule has 3 heteroatoms. The average Bonchev–Trinajstić information content (AvgIpc) is 2.28. The molecule has 0 radical (unpaired) electrons. The van der Waals surface area contributed by atoms with Crippen molar-refractivity contribution in [2.45, 2.75) is 67.7 Å². The summed E-state index contributed by atoms with van der Waals surface area (Å²) in [7, 11) is 0. The molecule has 2 N–H and O–H groups in total. The molecular formula is C15H31NO2. The number of amides is 1. The van der Waals surface area contributed by atoms with Gasteiger partial charge in [0.15, 0.2) is 0 Å². The fourth-order valence-corrected chi connectivity index (χ4v) is 2.37. The lowest BCUT2D eigenvalue weighted by Gasteiger charge is -2.46. The second-order valence-electron chi connectivity index (χ2n) is 6.93.